The molecule has 11 heteroatoms. The Bertz CT molecular complexity index is 479. The number of nitrogens with zero attached hydrogens (tertiary/aromatic N) is 1. The molecule has 0 aromatic carbocycles. The maximum Gasteiger partial charge on any atom is 0.333 e. The number of hydrogen-bond acceptors (Lipinski definition) is 11. The highest BCUT2D eigenvalue weighted by Crippen LogP contribution is 1.92. The fourth-order valence-corrected chi connectivity index (χ4v) is 2.21. The highest BCUT2D eigenvalue weighted by atomic mass is 16.6. The lowest BCUT2D eigenvalue weighted by Gasteiger charge is -2.10. The van der Waals surface area contributed by atoms with E-state index in [1.807, 2.05) is 14.1 Å². The van der Waals surface area contributed by atoms with Gasteiger partial charge in [-0.2, -0.15) is 0 Å². The fourth-order valence-electron chi connectivity index (χ4n) is 2.21. The van der Waals surface area contributed by atoms with E-state index >= 15 is 0 Å². The van der Waals surface area contributed by atoms with Crippen molar-refractivity contribution in [2.45, 2.75) is 6.92 Å². The van der Waals surface area contributed by atoms with Crippen molar-refractivity contribution in [2.75, 3.05) is 133 Å². The van der Waals surface area contributed by atoms with E-state index in [1.54, 1.807) is 6.92 Å². The van der Waals surface area contributed by atoms with Crippen molar-refractivity contribution in [1.29, 1.82) is 0 Å². The molecule has 0 aliphatic carbocycles. The minimum Gasteiger partial charge on any atom is -0.460 e. The molecule has 0 atom stereocenters. The van der Waals surface area contributed by atoms with E-state index in [9.17, 15) is 4.79 Å². The summed E-state index contributed by atoms with van der Waals surface area (Å²) < 4.78 is 48.2. The van der Waals surface area contributed by atoms with Crippen molar-refractivity contribution in [2.24, 2.45) is 0 Å². The zero-order valence-corrected chi connectivity index (χ0v) is 22.0. The molecule has 0 fully saturated rings. The van der Waals surface area contributed by atoms with Crippen LogP contribution in [-0.4, -0.2) is 144 Å². The zero-order chi connectivity index (χ0) is 25.8. The maximum absolute atomic E-state index is 11.1. The average molecular weight is 510 g/mol. The Morgan fingerprint density at radius 3 is 1.03 bits per heavy atom. The topological polar surface area (TPSA) is 103 Å². The Labute approximate surface area is 210 Å². The normalized spacial score (nSPS) is 11.3. The Morgan fingerprint density at radius 2 is 0.771 bits per heavy atom. The molecule has 0 spiro atoms. The van der Waals surface area contributed by atoms with Gasteiger partial charge in [0.25, 0.3) is 0 Å². The van der Waals surface area contributed by atoms with Crippen molar-refractivity contribution in [3.8, 4) is 0 Å². The van der Waals surface area contributed by atoms with Gasteiger partial charge in [0.05, 0.1) is 106 Å². The van der Waals surface area contributed by atoms with Crippen LogP contribution >= 0.6 is 0 Å². The number of carbonyl (C=O) groups is 1. The second kappa shape index (κ2) is 27.4. The molecule has 0 N–H and O–H groups in total. The van der Waals surface area contributed by atoms with Crippen LogP contribution in [0.5, 0.6) is 0 Å². The summed E-state index contributed by atoms with van der Waals surface area (Å²) >= 11 is 0. The molecule has 0 rings (SSSR count). The standard InChI is InChI=1S/C24H47NO10/c1-23(2)24(26)35-22-21-34-20-19-33-18-17-32-16-15-31-14-13-30-12-11-29-10-9-28-8-7-27-6-5-25(3)4/h1,5-22H2,2-4H3. The second-order valence-electron chi connectivity index (χ2n) is 7.62. The van der Waals surface area contributed by atoms with Crippen molar-refractivity contribution in [3.63, 3.8) is 0 Å². The van der Waals surface area contributed by atoms with E-state index < -0.39 is 5.97 Å². The van der Waals surface area contributed by atoms with E-state index in [4.69, 9.17) is 42.6 Å². The lowest BCUT2D eigenvalue weighted by atomic mass is 10.4. The molecule has 0 saturated heterocycles. The molecular formula is C24H47NO10. The third-order valence-electron chi connectivity index (χ3n) is 4.10. The Hall–Kier alpha value is -1.15. The zero-order valence-electron chi connectivity index (χ0n) is 22.0. The van der Waals surface area contributed by atoms with E-state index in [0.29, 0.717) is 111 Å². The smallest absolute Gasteiger partial charge is 0.333 e. The first kappa shape index (κ1) is 33.8. The summed E-state index contributed by atoms with van der Waals surface area (Å²) in [4.78, 5) is 13.2. The van der Waals surface area contributed by atoms with Gasteiger partial charge >= 0.3 is 5.97 Å². The molecule has 11 nitrogen and oxygen atoms in total. The molecule has 0 amide bonds. The van der Waals surface area contributed by atoms with Gasteiger partial charge in [0.2, 0.25) is 0 Å². The van der Waals surface area contributed by atoms with Crippen LogP contribution in [0.4, 0.5) is 0 Å². The van der Waals surface area contributed by atoms with Crippen molar-refractivity contribution < 1.29 is 47.4 Å². The summed E-state index contributed by atoms with van der Waals surface area (Å²) in [5.41, 5.74) is 0.374. The maximum atomic E-state index is 11.1. The van der Waals surface area contributed by atoms with Gasteiger partial charge in [0, 0.05) is 12.1 Å². The van der Waals surface area contributed by atoms with Crippen molar-refractivity contribution >= 4 is 5.97 Å². The quantitative estimate of drug-likeness (QED) is 0.0850. The predicted octanol–water partition coefficient (Wildman–Crippen LogP) is 0.800. The van der Waals surface area contributed by atoms with Crippen molar-refractivity contribution in [1.82, 2.24) is 4.90 Å². The van der Waals surface area contributed by atoms with Crippen LogP contribution in [-0.2, 0) is 47.4 Å². The van der Waals surface area contributed by atoms with E-state index in [0.717, 1.165) is 6.54 Å². The lowest BCUT2D eigenvalue weighted by Crippen LogP contribution is -2.19. The van der Waals surface area contributed by atoms with E-state index in [2.05, 4.69) is 11.5 Å². The van der Waals surface area contributed by atoms with Crippen LogP contribution in [0.15, 0.2) is 12.2 Å². The van der Waals surface area contributed by atoms with E-state index in [1.165, 1.54) is 0 Å². The van der Waals surface area contributed by atoms with Crippen LogP contribution in [0, 0.1) is 0 Å². The van der Waals surface area contributed by atoms with Crippen molar-refractivity contribution in [3.05, 3.63) is 12.2 Å². The second-order valence-corrected chi connectivity index (χ2v) is 7.62. The molecule has 35 heavy (non-hydrogen) atoms. The van der Waals surface area contributed by atoms with Gasteiger partial charge in [-0.3, -0.25) is 0 Å². The van der Waals surface area contributed by atoms with Crippen LogP contribution in [0.2, 0.25) is 0 Å². The van der Waals surface area contributed by atoms with Gasteiger partial charge in [-0.1, -0.05) is 6.58 Å². The minimum atomic E-state index is -0.408. The third-order valence-corrected chi connectivity index (χ3v) is 4.10. The summed E-state index contributed by atoms with van der Waals surface area (Å²) in [5.74, 6) is -0.408. The molecule has 0 saturated carbocycles. The molecule has 0 radical (unpaired) electrons. The third kappa shape index (κ3) is 29.0. The van der Waals surface area contributed by atoms with Crippen LogP contribution in [0.25, 0.3) is 0 Å². The average Bonchev–Trinajstić information content (AvgIpc) is 2.83. The number of likely N-dealkylation sites (N-methyl/N-ethyl adjacent to an activating group) is 1. The highest BCUT2D eigenvalue weighted by Gasteiger charge is 2.01. The van der Waals surface area contributed by atoms with Crippen LogP contribution in [0.1, 0.15) is 6.92 Å². The Kier molecular flexibility index (Phi) is 26.5. The van der Waals surface area contributed by atoms with Gasteiger partial charge in [0.1, 0.15) is 6.61 Å². The van der Waals surface area contributed by atoms with Gasteiger partial charge in [-0.15, -0.1) is 0 Å². The summed E-state index contributed by atoms with van der Waals surface area (Å²) in [6, 6.07) is 0. The summed E-state index contributed by atoms with van der Waals surface area (Å²) in [5, 5.41) is 0. The lowest BCUT2D eigenvalue weighted by molar-refractivity contribution is -0.140. The molecule has 208 valence electrons. The number of ether oxygens (including phenoxy) is 9. The number of esters is 1. The summed E-state index contributed by atoms with van der Waals surface area (Å²) in [7, 11) is 4.03. The monoisotopic (exact) mass is 509 g/mol. The Balaban J connectivity index is 3.06. The molecule has 0 aliphatic rings. The first-order chi connectivity index (χ1) is 17.0. The Morgan fingerprint density at radius 1 is 0.514 bits per heavy atom. The molecule has 0 bridgehead atoms. The van der Waals surface area contributed by atoms with Crippen LogP contribution in [0.3, 0.4) is 0 Å². The molecular weight excluding hydrogens is 462 g/mol. The molecule has 0 aromatic rings. The van der Waals surface area contributed by atoms with Gasteiger partial charge in [-0.05, 0) is 21.0 Å². The molecule has 0 aromatic heterocycles. The summed E-state index contributed by atoms with van der Waals surface area (Å²) in [6.45, 7) is 14.5. The van der Waals surface area contributed by atoms with Gasteiger partial charge < -0.3 is 47.5 Å². The highest BCUT2D eigenvalue weighted by molar-refractivity contribution is 5.86. The molecule has 0 aliphatic heterocycles. The molecule has 0 heterocycles. The first-order valence-corrected chi connectivity index (χ1v) is 12.1. The largest absolute Gasteiger partial charge is 0.460 e. The minimum absolute atomic E-state index is 0.206. The fraction of sp³-hybridized carbons (Fsp3) is 0.875. The predicted molar refractivity (Wildman–Crippen MR) is 131 cm³/mol. The van der Waals surface area contributed by atoms with Crippen LogP contribution < -0.4 is 0 Å². The molecule has 0 unspecified atom stereocenters. The van der Waals surface area contributed by atoms with Gasteiger partial charge in [0.15, 0.2) is 0 Å². The number of carbonyl (C=O) groups excluding carboxylic acids is 1. The number of hydrogen-bond donors (Lipinski definition) is 0. The summed E-state index contributed by atoms with van der Waals surface area (Å²) in [6.07, 6.45) is 0. The SMILES string of the molecule is C=C(C)C(=O)OCCOCCOCCOCCOCCOCCOCCOCCOCCN(C)C. The van der Waals surface area contributed by atoms with Gasteiger partial charge in [-0.25, -0.2) is 4.79 Å². The first-order valence-electron chi connectivity index (χ1n) is 12.1. The van der Waals surface area contributed by atoms with E-state index in [-0.39, 0.29) is 6.61 Å². The number of rotatable bonds is 28.